The molecule has 7 nitrogen and oxygen atoms in total. The maximum absolute atomic E-state index is 13.0. The minimum absolute atomic E-state index is 0.0839. The molecular weight excluding hydrogens is 498 g/mol. The topological polar surface area (TPSA) is 70.5 Å². The van der Waals surface area contributed by atoms with E-state index < -0.39 is 0 Å². The number of aryl methyl sites for hydroxylation is 1. The largest absolute Gasteiger partial charge is 0.322 e. The summed E-state index contributed by atoms with van der Waals surface area (Å²) in [6, 6.07) is 15.0. The molecule has 204 valence electrons. The molecule has 1 saturated heterocycles. The number of carbonyl (C=O) groups excluding carboxylic acids is 2. The summed E-state index contributed by atoms with van der Waals surface area (Å²) >= 11 is 0. The number of nitrogens with zero attached hydrogens (tertiary/aromatic N) is 4. The molecule has 0 radical (unpaired) electrons. The van der Waals surface area contributed by atoms with Gasteiger partial charge in [0.05, 0.1) is 18.3 Å². The van der Waals surface area contributed by atoms with Gasteiger partial charge in [-0.2, -0.15) is 5.10 Å². The van der Waals surface area contributed by atoms with Crippen molar-refractivity contribution in [3.8, 4) is 0 Å². The first-order valence-corrected chi connectivity index (χ1v) is 14.0. The Hall–Kier alpha value is -4.07. The Kier molecular flexibility index (Phi) is 7.32. The Morgan fingerprint density at radius 2 is 1.75 bits per heavy atom. The second-order valence-electron chi connectivity index (χ2n) is 11.2. The van der Waals surface area contributed by atoms with Gasteiger partial charge in [-0.1, -0.05) is 60.2 Å². The van der Waals surface area contributed by atoms with E-state index in [2.05, 4.69) is 82.7 Å². The predicted octanol–water partition coefficient (Wildman–Crippen LogP) is 4.14. The van der Waals surface area contributed by atoms with E-state index in [0.29, 0.717) is 23.4 Å². The van der Waals surface area contributed by atoms with Gasteiger partial charge in [0.1, 0.15) is 0 Å². The number of hydrogen-bond acceptors (Lipinski definition) is 5. The third-order valence-electron chi connectivity index (χ3n) is 8.00. The van der Waals surface area contributed by atoms with Crippen LogP contribution in [0.1, 0.15) is 44.6 Å². The Labute approximate surface area is 235 Å². The molecule has 3 aliphatic rings. The van der Waals surface area contributed by atoms with Crippen molar-refractivity contribution in [3.63, 3.8) is 0 Å². The molecule has 0 atom stereocenters. The van der Waals surface area contributed by atoms with Crippen LogP contribution in [-0.2, 0) is 24.3 Å². The highest BCUT2D eigenvalue weighted by Gasteiger charge is 2.24. The summed E-state index contributed by atoms with van der Waals surface area (Å²) in [5.41, 5.74) is 8.91. The van der Waals surface area contributed by atoms with E-state index in [0.717, 1.165) is 50.3 Å². The van der Waals surface area contributed by atoms with Gasteiger partial charge in [0.15, 0.2) is 5.78 Å². The highest BCUT2D eigenvalue weighted by atomic mass is 16.1. The molecule has 3 aromatic rings. The molecule has 1 aromatic heterocycles. The molecule has 2 heterocycles. The summed E-state index contributed by atoms with van der Waals surface area (Å²) in [5, 5.41) is 7.34. The van der Waals surface area contributed by atoms with Crippen LogP contribution < -0.4 is 5.32 Å². The average molecular weight is 534 g/mol. The van der Waals surface area contributed by atoms with E-state index in [4.69, 9.17) is 0 Å². The molecule has 0 unspecified atom stereocenters. The average Bonchev–Trinajstić information content (AvgIpc) is 3.59. The van der Waals surface area contributed by atoms with Crippen molar-refractivity contribution in [2.75, 3.05) is 33.2 Å². The molecule has 40 heavy (non-hydrogen) atoms. The summed E-state index contributed by atoms with van der Waals surface area (Å²) in [5.74, 6) is -0.149. The molecule has 6 rings (SSSR count). The normalized spacial score (nSPS) is 17.8. The SMILES string of the molecule is Cc1ccc(Cn2cc(C(=O)NC3=CCC(=O)C(C4=Cc5cc(CN6CCN(C)CC6)ccc5C4)=C3)cn2)cc1. The number of amides is 1. The van der Waals surface area contributed by atoms with E-state index in [1.165, 1.54) is 22.3 Å². The predicted molar refractivity (Wildman–Crippen MR) is 157 cm³/mol. The number of benzene rings is 2. The number of nitrogens with one attached hydrogen (secondary N) is 1. The minimum Gasteiger partial charge on any atom is -0.322 e. The molecule has 2 aromatic carbocycles. The van der Waals surface area contributed by atoms with Crippen molar-refractivity contribution in [1.29, 1.82) is 0 Å². The van der Waals surface area contributed by atoms with Crippen LogP contribution in [0.15, 0.2) is 83.9 Å². The fourth-order valence-electron chi connectivity index (χ4n) is 5.54. The van der Waals surface area contributed by atoms with Gasteiger partial charge >= 0.3 is 0 Å². The summed E-state index contributed by atoms with van der Waals surface area (Å²) in [6.45, 7) is 7.99. The van der Waals surface area contributed by atoms with Crippen LogP contribution in [0.2, 0.25) is 0 Å². The van der Waals surface area contributed by atoms with Crippen molar-refractivity contribution in [2.45, 2.75) is 32.9 Å². The highest BCUT2D eigenvalue weighted by Crippen LogP contribution is 2.33. The lowest BCUT2D eigenvalue weighted by atomic mass is 9.93. The summed E-state index contributed by atoms with van der Waals surface area (Å²) < 4.78 is 1.76. The molecule has 0 bridgehead atoms. The van der Waals surface area contributed by atoms with Gasteiger partial charge in [-0.3, -0.25) is 19.2 Å². The van der Waals surface area contributed by atoms with E-state index in [1.807, 2.05) is 6.08 Å². The van der Waals surface area contributed by atoms with Crippen LogP contribution in [0.25, 0.3) is 6.08 Å². The number of hydrogen-bond donors (Lipinski definition) is 1. The van der Waals surface area contributed by atoms with Gasteiger partial charge in [0.25, 0.3) is 5.91 Å². The zero-order valence-electron chi connectivity index (χ0n) is 23.2. The van der Waals surface area contributed by atoms with Crippen molar-refractivity contribution >= 4 is 17.8 Å². The second-order valence-corrected chi connectivity index (χ2v) is 11.2. The lowest BCUT2D eigenvalue weighted by Crippen LogP contribution is -2.43. The minimum atomic E-state index is -0.233. The zero-order valence-corrected chi connectivity index (χ0v) is 23.2. The van der Waals surface area contributed by atoms with Crippen LogP contribution in [0.3, 0.4) is 0 Å². The van der Waals surface area contributed by atoms with Crippen LogP contribution in [0, 0.1) is 6.92 Å². The molecule has 0 spiro atoms. The highest BCUT2D eigenvalue weighted by molar-refractivity contribution is 6.04. The molecule has 1 fully saturated rings. The number of aromatic nitrogens is 2. The number of ketones is 1. The van der Waals surface area contributed by atoms with Gasteiger partial charge in [-0.05, 0) is 54.3 Å². The summed E-state index contributed by atoms with van der Waals surface area (Å²) in [4.78, 5) is 30.8. The Bertz CT molecular complexity index is 1530. The number of piperazine rings is 1. The molecule has 0 saturated carbocycles. The number of carbonyl (C=O) groups is 2. The van der Waals surface area contributed by atoms with Gasteiger partial charge < -0.3 is 10.2 Å². The standard InChI is InChI=1S/C33H35N5O2/c1-23-3-5-24(6-4-23)21-38-22-29(19-34-38)33(40)35-30-9-10-32(39)31(18-30)28-16-26-8-7-25(15-27(26)17-28)20-37-13-11-36(2)12-14-37/h3-9,15,17-19,22H,10-14,16,20-21H2,1-2H3,(H,35,40). The van der Waals surface area contributed by atoms with Gasteiger partial charge in [-0.15, -0.1) is 0 Å². The molecule has 7 heteroatoms. The second kappa shape index (κ2) is 11.2. The van der Waals surface area contributed by atoms with E-state index in [1.54, 1.807) is 23.2 Å². The number of Topliss-reactive ketones (excluding diaryl/α,β-unsaturated/α-hetero) is 1. The van der Waals surface area contributed by atoms with Crippen LogP contribution in [-0.4, -0.2) is 64.5 Å². The Balaban J connectivity index is 1.11. The lowest BCUT2D eigenvalue weighted by Gasteiger charge is -2.32. The fraction of sp³-hybridized carbons (Fsp3) is 0.303. The van der Waals surface area contributed by atoms with Gasteiger partial charge in [0.2, 0.25) is 0 Å². The number of fused-ring (bicyclic) bond motifs is 1. The quantitative estimate of drug-likeness (QED) is 0.495. The number of allylic oxidation sites excluding steroid dienone is 4. The smallest absolute Gasteiger partial charge is 0.258 e. The number of rotatable bonds is 7. The first-order chi connectivity index (χ1) is 19.4. The molecular formula is C33H35N5O2. The monoisotopic (exact) mass is 533 g/mol. The first kappa shape index (κ1) is 26.2. The Morgan fingerprint density at radius 3 is 2.55 bits per heavy atom. The summed E-state index contributed by atoms with van der Waals surface area (Å²) in [7, 11) is 2.17. The first-order valence-electron chi connectivity index (χ1n) is 14.0. The third kappa shape index (κ3) is 5.91. The Morgan fingerprint density at radius 1 is 0.975 bits per heavy atom. The zero-order chi connectivity index (χ0) is 27.6. The maximum atomic E-state index is 13.0. The van der Waals surface area contributed by atoms with E-state index >= 15 is 0 Å². The van der Waals surface area contributed by atoms with Crippen molar-refractivity contribution in [3.05, 3.63) is 117 Å². The lowest BCUT2D eigenvalue weighted by molar-refractivity contribution is -0.114. The van der Waals surface area contributed by atoms with Crippen molar-refractivity contribution < 1.29 is 9.59 Å². The molecule has 2 aliphatic carbocycles. The molecule has 1 N–H and O–H groups in total. The van der Waals surface area contributed by atoms with Crippen LogP contribution in [0.5, 0.6) is 0 Å². The van der Waals surface area contributed by atoms with Gasteiger partial charge in [-0.25, -0.2) is 0 Å². The fourth-order valence-corrected chi connectivity index (χ4v) is 5.54. The summed E-state index contributed by atoms with van der Waals surface area (Å²) in [6.07, 6.45) is 10.1. The van der Waals surface area contributed by atoms with E-state index in [9.17, 15) is 9.59 Å². The van der Waals surface area contributed by atoms with Crippen LogP contribution >= 0.6 is 0 Å². The molecule has 1 amide bonds. The third-order valence-corrected chi connectivity index (χ3v) is 8.00. The van der Waals surface area contributed by atoms with E-state index in [-0.39, 0.29) is 18.1 Å². The van der Waals surface area contributed by atoms with Crippen LogP contribution in [0.4, 0.5) is 0 Å². The number of likely N-dealkylation sites (N-methyl/N-ethyl adjacent to an activating group) is 1. The maximum Gasteiger partial charge on any atom is 0.258 e. The molecule has 1 aliphatic heterocycles. The van der Waals surface area contributed by atoms with Crippen molar-refractivity contribution in [2.24, 2.45) is 0 Å². The van der Waals surface area contributed by atoms with Gasteiger partial charge in [0, 0.05) is 56.6 Å². The van der Waals surface area contributed by atoms with Crippen molar-refractivity contribution in [1.82, 2.24) is 24.9 Å².